The first-order valence-electron chi connectivity index (χ1n) is 3.81. The van der Waals surface area contributed by atoms with Crippen LogP contribution in [0, 0.1) is 6.92 Å². The van der Waals surface area contributed by atoms with Gasteiger partial charge in [-0.1, -0.05) is 11.2 Å². The van der Waals surface area contributed by atoms with Crippen molar-refractivity contribution < 1.29 is 5.21 Å². The molecule has 0 spiro atoms. The van der Waals surface area contributed by atoms with E-state index >= 15 is 0 Å². The van der Waals surface area contributed by atoms with Crippen LogP contribution in [0.3, 0.4) is 0 Å². The molecule has 0 amide bonds. The van der Waals surface area contributed by atoms with E-state index in [0.29, 0.717) is 0 Å². The van der Waals surface area contributed by atoms with Crippen molar-refractivity contribution in [2.75, 3.05) is 6.26 Å². The van der Waals surface area contributed by atoms with Gasteiger partial charge in [0.2, 0.25) is 0 Å². The number of nitrogens with zero attached hydrogens (tertiary/aromatic N) is 1. The first-order chi connectivity index (χ1) is 6.19. The van der Waals surface area contributed by atoms with E-state index in [1.807, 2.05) is 31.4 Å². The van der Waals surface area contributed by atoms with Crippen molar-refractivity contribution in [3.8, 4) is 0 Å². The minimum absolute atomic E-state index is 0.157. The van der Waals surface area contributed by atoms with Gasteiger partial charge in [0.1, 0.15) is 0 Å². The van der Waals surface area contributed by atoms with E-state index in [2.05, 4.69) is 5.16 Å². The molecule has 3 nitrogen and oxygen atoms in total. The molecule has 0 bridgehead atoms. The largest absolute Gasteiger partial charge is 0.409 e. The van der Waals surface area contributed by atoms with Crippen molar-refractivity contribution in [2.45, 2.75) is 11.8 Å². The number of benzene rings is 1. The third-order valence-corrected chi connectivity index (χ3v) is 2.52. The number of rotatable bonds is 2. The van der Waals surface area contributed by atoms with Gasteiger partial charge < -0.3 is 10.9 Å². The molecular weight excluding hydrogens is 184 g/mol. The summed E-state index contributed by atoms with van der Waals surface area (Å²) in [7, 11) is 0. The molecule has 4 heteroatoms. The molecule has 1 aromatic rings. The molecule has 0 fully saturated rings. The summed E-state index contributed by atoms with van der Waals surface area (Å²) in [6.07, 6.45) is 1.96. The van der Waals surface area contributed by atoms with Gasteiger partial charge in [0.25, 0.3) is 0 Å². The zero-order valence-corrected chi connectivity index (χ0v) is 8.43. The molecule has 0 atom stereocenters. The van der Waals surface area contributed by atoms with E-state index in [0.717, 1.165) is 10.5 Å². The fourth-order valence-corrected chi connectivity index (χ4v) is 1.76. The Balaban J connectivity index is 3.21. The van der Waals surface area contributed by atoms with Crippen molar-refractivity contribution in [1.82, 2.24) is 0 Å². The Bertz CT molecular complexity index is 336. The van der Waals surface area contributed by atoms with Gasteiger partial charge in [-0.2, -0.15) is 0 Å². The number of thioether (sulfide) groups is 1. The summed E-state index contributed by atoms with van der Waals surface area (Å²) in [5.74, 6) is 0.157. The number of hydrogen-bond donors (Lipinski definition) is 2. The maximum absolute atomic E-state index is 8.53. The lowest BCUT2D eigenvalue weighted by atomic mass is 10.1. The number of aryl methyl sites for hydroxylation is 1. The monoisotopic (exact) mass is 196 g/mol. The fourth-order valence-electron chi connectivity index (χ4n) is 1.06. The SMILES string of the molecule is CSc1cc(C)ccc1/C(N)=N/O. The Hall–Kier alpha value is -1.16. The van der Waals surface area contributed by atoms with Crippen LogP contribution in [0.5, 0.6) is 0 Å². The van der Waals surface area contributed by atoms with Gasteiger partial charge in [0, 0.05) is 10.5 Å². The highest BCUT2D eigenvalue weighted by Crippen LogP contribution is 2.21. The highest BCUT2D eigenvalue weighted by atomic mass is 32.2. The molecule has 0 unspecified atom stereocenters. The smallest absolute Gasteiger partial charge is 0.171 e. The summed E-state index contributed by atoms with van der Waals surface area (Å²) in [5.41, 5.74) is 7.45. The molecule has 13 heavy (non-hydrogen) atoms. The second kappa shape index (κ2) is 4.18. The summed E-state index contributed by atoms with van der Waals surface area (Å²) in [6.45, 7) is 2.01. The first kappa shape index (κ1) is 9.92. The van der Waals surface area contributed by atoms with Gasteiger partial charge in [-0.3, -0.25) is 0 Å². The topological polar surface area (TPSA) is 58.6 Å². The Morgan fingerprint density at radius 1 is 1.54 bits per heavy atom. The zero-order valence-electron chi connectivity index (χ0n) is 7.61. The molecular formula is C9H12N2OS. The maximum Gasteiger partial charge on any atom is 0.171 e. The molecule has 0 saturated heterocycles. The molecule has 0 radical (unpaired) electrons. The van der Waals surface area contributed by atoms with Crippen LogP contribution < -0.4 is 5.73 Å². The summed E-state index contributed by atoms with van der Waals surface area (Å²) >= 11 is 1.58. The standard InChI is InChI=1S/C9H12N2OS/c1-6-3-4-7(9(10)11-12)8(5-6)13-2/h3-5,12H,1-2H3,(H2,10,11). The van der Waals surface area contributed by atoms with Crippen molar-refractivity contribution in [1.29, 1.82) is 0 Å². The Morgan fingerprint density at radius 2 is 2.23 bits per heavy atom. The molecule has 0 saturated carbocycles. The van der Waals surface area contributed by atoms with Crippen LogP contribution in [0.2, 0.25) is 0 Å². The number of hydrogen-bond acceptors (Lipinski definition) is 3. The van der Waals surface area contributed by atoms with Crippen LogP contribution in [-0.4, -0.2) is 17.3 Å². The van der Waals surface area contributed by atoms with Crippen molar-refractivity contribution in [2.24, 2.45) is 10.9 Å². The number of nitrogens with two attached hydrogens (primary N) is 1. The quantitative estimate of drug-likeness (QED) is 0.249. The summed E-state index contributed by atoms with van der Waals surface area (Å²) in [5, 5.41) is 11.5. The lowest BCUT2D eigenvalue weighted by Crippen LogP contribution is -2.14. The van der Waals surface area contributed by atoms with E-state index in [4.69, 9.17) is 10.9 Å². The summed E-state index contributed by atoms with van der Waals surface area (Å²) in [6, 6.07) is 5.81. The van der Waals surface area contributed by atoms with Gasteiger partial charge in [0.05, 0.1) is 0 Å². The predicted molar refractivity (Wildman–Crippen MR) is 55.5 cm³/mol. The van der Waals surface area contributed by atoms with Gasteiger partial charge >= 0.3 is 0 Å². The molecule has 0 aliphatic carbocycles. The highest BCUT2D eigenvalue weighted by molar-refractivity contribution is 7.98. The van der Waals surface area contributed by atoms with E-state index in [1.165, 1.54) is 5.56 Å². The van der Waals surface area contributed by atoms with Gasteiger partial charge in [-0.05, 0) is 30.9 Å². The molecule has 0 aliphatic rings. The molecule has 1 aromatic carbocycles. The van der Waals surface area contributed by atoms with Crippen molar-refractivity contribution in [3.63, 3.8) is 0 Å². The second-order valence-corrected chi connectivity index (χ2v) is 3.54. The van der Waals surface area contributed by atoms with E-state index in [1.54, 1.807) is 11.8 Å². The second-order valence-electron chi connectivity index (χ2n) is 2.69. The van der Waals surface area contributed by atoms with Crippen LogP contribution in [0.4, 0.5) is 0 Å². The minimum atomic E-state index is 0.157. The van der Waals surface area contributed by atoms with E-state index in [-0.39, 0.29) is 5.84 Å². The highest BCUT2D eigenvalue weighted by Gasteiger charge is 2.05. The van der Waals surface area contributed by atoms with Crippen molar-refractivity contribution in [3.05, 3.63) is 29.3 Å². The molecule has 1 rings (SSSR count). The van der Waals surface area contributed by atoms with Crippen molar-refractivity contribution >= 4 is 17.6 Å². The van der Waals surface area contributed by atoms with Gasteiger partial charge in [0.15, 0.2) is 5.84 Å². The molecule has 0 heterocycles. The zero-order chi connectivity index (χ0) is 9.84. The van der Waals surface area contributed by atoms with E-state index < -0.39 is 0 Å². The van der Waals surface area contributed by atoms with Gasteiger partial charge in [-0.25, -0.2) is 0 Å². The first-order valence-corrected chi connectivity index (χ1v) is 5.04. The molecule has 70 valence electrons. The minimum Gasteiger partial charge on any atom is -0.409 e. The normalized spacial score (nSPS) is 11.7. The molecule has 3 N–H and O–H groups in total. The summed E-state index contributed by atoms with van der Waals surface area (Å²) < 4.78 is 0. The maximum atomic E-state index is 8.53. The third kappa shape index (κ3) is 2.15. The van der Waals surface area contributed by atoms with E-state index in [9.17, 15) is 0 Å². The average Bonchev–Trinajstić information content (AvgIpc) is 2.16. The summed E-state index contributed by atoms with van der Waals surface area (Å²) in [4.78, 5) is 1.02. The molecule has 0 aromatic heterocycles. The van der Waals surface area contributed by atoms with Crippen LogP contribution in [0.1, 0.15) is 11.1 Å². The van der Waals surface area contributed by atoms with Crippen LogP contribution in [-0.2, 0) is 0 Å². The van der Waals surface area contributed by atoms with Crippen LogP contribution >= 0.6 is 11.8 Å². The lowest BCUT2D eigenvalue weighted by molar-refractivity contribution is 0.318. The van der Waals surface area contributed by atoms with Crippen LogP contribution in [0.25, 0.3) is 0 Å². The Labute approximate surface area is 81.6 Å². The lowest BCUT2D eigenvalue weighted by Gasteiger charge is -2.05. The predicted octanol–water partition coefficient (Wildman–Crippen LogP) is 1.81. The third-order valence-electron chi connectivity index (χ3n) is 1.74. The molecule has 0 aliphatic heterocycles. The average molecular weight is 196 g/mol. The number of oxime groups is 1. The number of amidine groups is 1. The van der Waals surface area contributed by atoms with Gasteiger partial charge in [-0.15, -0.1) is 11.8 Å². The Morgan fingerprint density at radius 3 is 2.77 bits per heavy atom. The fraction of sp³-hybridized carbons (Fsp3) is 0.222. The Kier molecular flexibility index (Phi) is 3.19. The van der Waals surface area contributed by atoms with Crippen LogP contribution in [0.15, 0.2) is 28.3 Å².